The van der Waals surface area contributed by atoms with Gasteiger partial charge in [-0.3, -0.25) is 0 Å². The third-order valence-electron chi connectivity index (χ3n) is 3.39. The number of hydrogen-bond acceptors (Lipinski definition) is 5. The van der Waals surface area contributed by atoms with Crippen molar-refractivity contribution in [2.45, 2.75) is 24.9 Å². The Labute approximate surface area is 97.8 Å². The zero-order valence-corrected chi connectivity index (χ0v) is 9.32. The first-order valence-electron chi connectivity index (χ1n) is 5.94. The molecule has 0 aromatic carbocycles. The lowest BCUT2D eigenvalue weighted by molar-refractivity contribution is 0.313. The number of rotatable bonds is 3. The van der Waals surface area contributed by atoms with Crippen molar-refractivity contribution in [1.29, 1.82) is 0 Å². The molecule has 4 rings (SSSR count). The summed E-state index contributed by atoms with van der Waals surface area (Å²) in [6.45, 7) is 1.94. The lowest BCUT2D eigenvalue weighted by Gasteiger charge is -2.26. The smallest absolute Gasteiger partial charge is 0.186 e. The van der Waals surface area contributed by atoms with Crippen molar-refractivity contribution in [3.63, 3.8) is 0 Å². The molecular weight excluding hydrogens is 218 g/mol. The normalized spacial score (nSPS) is 20.5. The number of aromatic nitrogens is 6. The van der Waals surface area contributed by atoms with Gasteiger partial charge in [0.25, 0.3) is 0 Å². The first-order chi connectivity index (χ1) is 8.42. The standard InChI is InChI=1S/C10H13N7/c1-2-7(1)16-6-12-14-10(16)9-5-17(15-13-9)8-3-11-4-8/h5-8,11H,1-4H2. The molecule has 0 spiro atoms. The lowest BCUT2D eigenvalue weighted by Crippen LogP contribution is -2.43. The zero-order chi connectivity index (χ0) is 11.2. The minimum Gasteiger partial charge on any atom is -0.312 e. The van der Waals surface area contributed by atoms with Crippen LogP contribution in [0.15, 0.2) is 12.5 Å². The van der Waals surface area contributed by atoms with E-state index in [9.17, 15) is 0 Å². The molecule has 2 aliphatic rings. The first-order valence-corrected chi connectivity index (χ1v) is 5.94. The third-order valence-corrected chi connectivity index (χ3v) is 3.39. The molecule has 3 heterocycles. The van der Waals surface area contributed by atoms with E-state index in [1.54, 1.807) is 6.33 Å². The van der Waals surface area contributed by atoms with Gasteiger partial charge in [0.05, 0.1) is 12.2 Å². The maximum atomic E-state index is 4.19. The highest BCUT2D eigenvalue weighted by Gasteiger charge is 2.28. The van der Waals surface area contributed by atoms with Crippen LogP contribution in [0.1, 0.15) is 24.9 Å². The average molecular weight is 231 g/mol. The van der Waals surface area contributed by atoms with Gasteiger partial charge in [-0.05, 0) is 12.8 Å². The molecule has 1 aliphatic heterocycles. The molecule has 0 atom stereocenters. The minimum atomic E-state index is 0.438. The van der Waals surface area contributed by atoms with Crippen LogP contribution in [0.3, 0.4) is 0 Å². The molecule has 0 amide bonds. The van der Waals surface area contributed by atoms with Gasteiger partial charge >= 0.3 is 0 Å². The Balaban J connectivity index is 1.68. The van der Waals surface area contributed by atoms with E-state index in [0.717, 1.165) is 24.6 Å². The van der Waals surface area contributed by atoms with Crippen LogP contribution in [0.4, 0.5) is 0 Å². The average Bonchev–Trinajstić information content (AvgIpc) is 2.81. The molecule has 7 heteroatoms. The molecule has 7 nitrogen and oxygen atoms in total. The van der Waals surface area contributed by atoms with E-state index in [-0.39, 0.29) is 0 Å². The summed E-state index contributed by atoms with van der Waals surface area (Å²) in [5.74, 6) is 0.839. The Morgan fingerprint density at radius 2 is 2.06 bits per heavy atom. The Kier molecular flexibility index (Phi) is 1.84. The van der Waals surface area contributed by atoms with E-state index in [1.165, 1.54) is 12.8 Å². The quantitative estimate of drug-likeness (QED) is 0.806. The predicted molar refractivity (Wildman–Crippen MR) is 59.2 cm³/mol. The summed E-state index contributed by atoms with van der Waals surface area (Å²) in [7, 11) is 0. The molecule has 1 saturated carbocycles. The fourth-order valence-corrected chi connectivity index (χ4v) is 2.06. The Morgan fingerprint density at radius 3 is 2.76 bits per heavy atom. The Hall–Kier alpha value is -1.76. The molecular formula is C10H13N7. The molecule has 1 saturated heterocycles. The number of hydrogen-bond donors (Lipinski definition) is 1. The van der Waals surface area contributed by atoms with Crippen LogP contribution in [0, 0.1) is 0 Å². The first kappa shape index (κ1) is 9.29. The van der Waals surface area contributed by atoms with Crippen molar-refractivity contribution < 1.29 is 0 Å². The van der Waals surface area contributed by atoms with Crippen LogP contribution in [-0.2, 0) is 0 Å². The van der Waals surface area contributed by atoms with Gasteiger partial charge in [0.15, 0.2) is 11.5 Å². The molecule has 2 aromatic heterocycles. The van der Waals surface area contributed by atoms with E-state index in [4.69, 9.17) is 0 Å². The second-order valence-electron chi connectivity index (χ2n) is 4.69. The fourth-order valence-electron chi connectivity index (χ4n) is 2.06. The summed E-state index contributed by atoms with van der Waals surface area (Å²) in [6.07, 6.45) is 6.18. The summed E-state index contributed by atoms with van der Waals surface area (Å²) in [6, 6.07) is 1.00. The fraction of sp³-hybridized carbons (Fsp3) is 0.600. The maximum absolute atomic E-state index is 4.19. The van der Waals surface area contributed by atoms with Gasteiger partial charge in [0.2, 0.25) is 0 Å². The molecule has 0 bridgehead atoms. The van der Waals surface area contributed by atoms with Crippen LogP contribution in [0.25, 0.3) is 11.5 Å². The molecule has 2 fully saturated rings. The van der Waals surface area contributed by atoms with E-state index < -0.39 is 0 Å². The number of nitrogens with one attached hydrogen (secondary N) is 1. The largest absolute Gasteiger partial charge is 0.312 e. The summed E-state index contributed by atoms with van der Waals surface area (Å²) in [5.41, 5.74) is 0.821. The van der Waals surface area contributed by atoms with Crippen molar-refractivity contribution in [2.24, 2.45) is 0 Å². The molecule has 2 aromatic rings. The van der Waals surface area contributed by atoms with Crippen LogP contribution in [-0.4, -0.2) is 42.8 Å². The van der Waals surface area contributed by atoms with Gasteiger partial charge in [-0.1, -0.05) is 5.21 Å². The van der Waals surface area contributed by atoms with Crippen molar-refractivity contribution in [2.75, 3.05) is 13.1 Å². The van der Waals surface area contributed by atoms with Crippen molar-refractivity contribution in [1.82, 2.24) is 35.1 Å². The van der Waals surface area contributed by atoms with Crippen molar-refractivity contribution in [3.05, 3.63) is 12.5 Å². The maximum Gasteiger partial charge on any atom is 0.186 e. The van der Waals surface area contributed by atoms with Crippen LogP contribution in [0.2, 0.25) is 0 Å². The summed E-state index contributed by atoms with van der Waals surface area (Å²) >= 11 is 0. The highest BCUT2D eigenvalue weighted by atomic mass is 15.5. The molecule has 0 unspecified atom stereocenters. The monoisotopic (exact) mass is 231 g/mol. The summed E-state index contributed by atoms with van der Waals surface area (Å²) in [5, 5.41) is 19.7. The molecule has 17 heavy (non-hydrogen) atoms. The van der Waals surface area contributed by atoms with E-state index in [1.807, 2.05) is 10.9 Å². The predicted octanol–water partition coefficient (Wildman–Crippen LogP) is 0.0158. The molecule has 88 valence electrons. The topological polar surface area (TPSA) is 73.5 Å². The van der Waals surface area contributed by atoms with E-state index in [2.05, 4.69) is 30.4 Å². The van der Waals surface area contributed by atoms with Gasteiger partial charge < -0.3 is 9.88 Å². The Bertz CT molecular complexity index is 534. The summed E-state index contributed by atoms with van der Waals surface area (Å²) < 4.78 is 4.02. The lowest BCUT2D eigenvalue weighted by atomic mass is 10.2. The van der Waals surface area contributed by atoms with Crippen LogP contribution in [0.5, 0.6) is 0 Å². The minimum absolute atomic E-state index is 0.438. The van der Waals surface area contributed by atoms with Crippen LogP contribution >= 0.6 is 0 Å². The SMILES string of the molecule is c1c(-c2nncn2C2CC2)nnn1C1CNC1. The molecule has 1 N–H and O–H groups in total. The van der Waals surface area contributed by atoms with Gasteiger partial charge in [0, 0.05) is 19.1 Å². The van der Waals surface area contributed by atoms with Crippen molar-refractivity contribution in [3.8, 4) is 11.5 Å². The second kappa shape index (κ2) is 3.36. The second-order valence-corrected chi connectivity index (χ2v) is 4.69. The zero-order valence-electron chi connectivity index (χ0n) is 9.32. The van der Waals surface area contributed by atoms with E-state index >= 15 is 0 Å². The van der Waals surface area contributed by atoms with E-state index in [0.29, 0.717) is 12.1 Å². The molecule has 0 radical (unpaired) electrons. The van der Waals surface area contributed by atoms with Gasteiger partial charge in [-0.25, -0.2) is 4.68 Å². The molecule has 1 aliphatic carbocycles. The van der Waals surface area contributed by atoms with Crippen molar-refractivity contribution >= 4 is 0 Å². The van der Waals surface area contributed by atoms with Gasteiger partial charge in [-0.2, -0.15) is 0 Å². The third kappa shape index (κ3) is 1.46. The summed E-state index contributed by atoms with van der Waals surface area (Å²) in [4.78, 5) is 0. The highest BCUT2D eigenvalue weighted by Crippen LogP contribution is 2.37. The number of nitrogens with zero attached hydrogens (tertiary/aromatic N) is 6. The van der Waals surface area contributed by atoms with Gasteiger partial charge in [-0.15, -0.1) is 15.3 Å². The Morgan fingerprint density at radius 1 is 1.18 bits per heavy atom. The van der Waals surface area contributed by atoms with Crippen LogP contribution < -0.4 is 5.32 Å². The highest BCUT2D eigenvalue weighted by molar-refractivity contribution is 5.47. The van der Waals surface area contributed by atoms with Gasteiger partial charge in [0.1, 0.15) is 6.33 Å².